The normalized spacial score (nSPS) is 17.1. The summed E-state index contributed by atoms with van der Waals surface area (Å²) in [4.78, 5) is 61.7. The first kappa shape index (κ1) is 34.3. The van der Waals surface area contributed by atoms with E-state index in [-0.39, 0.29) is 38.6 Å². The molecule has 5 rings (SSSR count). The molecule has 2 fully saturated rings. The van der Waals surface area contributed by atoms with Gasteiger partial charge in [-0.15, -0.1) is 0 Å². The maximum atomic E-state index is 14.1. The van der Waals surface area contributed by atoms with Crippen LogP contribution in [0.4, 0.5) is 5.69 Å². The second-order valence-corrected chi connectivity index (χ2v) is 12.4. The summed E-state index contributed by atoms with van der Waals surface area (Å²) in [6.07, 6.45) is 1.95. The number of hydrogen-bond acceptors (Lipinski definition) is 8. The van der Waals surface area contributed by atoms with Crippen molar-refractivity contribution in [3.8, 4) is 0 Å². The quantitative estimate of drug-likeness (QED) is 0.0950. The molecule has 2 saturated heterocycles. The molecule has 2 aliphatic rings. The largest absolute Gasteiger partial charge is 0.386 e. The number of anilines is 1. The predicted octanol–water partition coefficient (Wildman–Crippen LogP) is 0.663. The van der Waals surface area contributed by atoms with Gasteiger partial charge >= 0.3 is 0 Å². The number of fused-ring (bicyclic) bond motifs is 1. The van der Waals surface area contributed by atoms with Gasteiger partial charge in [-0.3, -0.25) is 29.1 Å². The summed E-state index contributed by atoms with van der Waals surface area (Å²) in [6.45, 7) is 2.42. The summed E-state index contributed by atoms with van der Waals surface area (Å²) in [5, 5.41) is 7.58. The third-order valence-corrected chi connectivity index (χ3v) is 9.17. The van der Waals surface area contributed by atoms with Crippen LogP contribution in [0.5, 0.6) is 0 Å². The fraction of sp³-hybridized carbons (Fsp3) is 0.400. The number of nitrogens with two attached hydrogens (primary N) is 3. The molecule has 1 spiro atoms. The molecule has 2 aliphatic heterocycles. The van der Waals surface area contributed by atoms with E-state index in [1.807, 2.05) is 36.4 Å². The highest BCUT2D eigenvalue weighted by Crippen LogP contribution is 2.39. The molecule has 2 heterocycles. The van der Waals surface area contributed by atoms with Gasteiger partial charge in [0.05, 0.1) is 19.8 Å². The number of rotatable bonds is 14. The first-order chi connectivity index (χ1) is 23.2. The van der Waals surface area contributed by atoms with Gasteiger partial charge in [0, 0.05) is 31.9 Å². The molecule has 3 aromatic rings. The van der Waals surface area contributed by atoms with Gasteiger partial charge in [-0.05, 0) is 54.2 Å². The molecular weight excluding hydrogens is 610 g/mol. The lowest BCUT2D eigenvalue weighted by atomic mass is 9.85. The van der Waals surface area contributed by atoms with E-state index < -0.39 is 29.3 Å². The van der Waals surface area contributed by atoms with Gasteiger partial charge in [-0.2, -0.15) is 0 Å². The number of nitrogens with one attached hydrogen (secondary N) is 2. The maximum absolute atomic E-state index is 14.1. The molecule has 48 heavy (non-hydrogen) atoms. The van der Waals surface area contributed by atoms with Crippen LogP contribution in [-0.4, -0.2) is 96.8 Å². The minimum atomic E-state index is -0.922. The Morgan fingerprint density at radius 1 is 0.917 bits per heavy atom. The number of amidine groups is 1. The second kappa shape index (κ2) is 15.7. The molecule has 0 radical (unpaired) electrons. The van der Waals surface area contributed by atoms with Gasteiger partial charge in [0.15, 0.2) is 0 Å². The average Bonchev–Trinajstić information content (AvgIpc) is 3.36. The lowest BCUT2D eigenvalue weighted by molar-refractivity contribution is -0.137. The lowest BCUT2D eigenvalue weighted by Gasteiger charge is -2.43. The van der Waals surface area contributed by atoms with Gasteiger partial charge in [0.1, 0.15) is 24.0 Å². The Morgan fingerprint density at radius 2 is 1.62 bits per heavy atom. The van der Waals surface area contributed by atoms with Crippen LogP contribution >= 0.6 is 0 Å². The number of piperidine rings is 1. The van der Waals surface area contributed by atoms with E-state index in [0.29, 0.717) is 31.6 Å². The van der Waals surface area contributed by atoms with Crippen LogP contribution < -0.4 is 32.7 Å². The first-order valence-corrected chi connectivity index (χ1v) is 16.4. The van der Waals surface area contributed by atoms with Crippen LogP contribution in [0.2, 0.25) is 0 Å². The number of amides is 4. The monoisotopic (exact) mass is 655 g/mol. The molecular formula is C35H45N9O4. The van der Waals surface area contributed by atoms with Crippen LogP contribution in [0.25, 0.3) is 10.8 Å². The van der Waals surface area contributed by atoms with Crippen LogP contribution in [0.1, 0.15) is 31.2 Å². The van der Waals surface area contributed by atoms with Gasteiger partial charge in [0.25, 0.3) is 0 Å². The molecule has 1 atom stereocenters. The third kappa shape index (κ3) is 8.09. The van der Waals surface area contributed by atoms with Crippen molar-refractivity contribution in [2.24, 2.45) is 22.2 Å². The van der Waals surface area contributed by atoms with E-state index >= 15 is 0 Å². The molecule has 13 heteroatoms. The fourth-order valence-corrected chi connectivity index (χ4v) is 6.60. The molecule has 0 aromatic heterocycles. The smallest absolute Gasteiger partial charge is 0.250 e. The Balaban J connectivity index is 1.18. The molecule has 3 aromatic carbocycles. The number of carbonyl (C=O) groups excluding carboxylic acids is 4. The van der Waals surface area contributed by atoms with Gasteiger partial charge in [-0.25, -0.2) is 0 Å². The fourth-order valence-electron chi connectivity index (χ4n) is 6.60. The molecule has 8 N–H and O–H groups in total. The number of hydrogen-bond donors (Lipinski definition) is 5. The summed E-state index contributed by atoms with van der Waals surface area (Å²) in [6, 6.07) is 23.6. The molecule has 13 nitrogen and oxygen atoms in total. The van der Waals surface area contributed by atoms with Gasteiger partial charge < -0.3 is 37.6 Å². The van der Waals surface area contributed by atoms with Crippen LogP contribution in [-0.2, 0) is 25.7 Å². The topological polar surface area (TPSA) is 192 Å². The van der Waals surface area contributed by atoms with Gasteiger partial charge in [-0.1, -0.05) is 60.7 Å². The summed E-state index contributed by atoms with van der Waals surface area (Å²) in [7, 11) is 0. The van der Waals surface area contributed by atoms with E-state index in [9.17, 15) is 19.2 Å². The molecule has 0 unspecified atom stereocenters. The Labute approximate surface area is 280 Å². The van der Waals surface area contributed by atoms with E-state index in [1.165, 1.54) is 16.3 Å². The Kier molecular flexibility index (Phi) is 11.2. The van der Waals surface area contributed by atoms with Crippen molar-refractivity contribution in [2.45, 2.75) is 43.8 Å². The number of nitrogens with zero attached hydrogens (tertiary/aromatic N) is 4. The zero-order chi connectivity index (χ0) is 34.1. The van der Waals surface area contributed by atoms with Crippen molar-refractivity contribution in [1.82, 2.24) is 20.4 Å². The highest BCUT2D eigenvalue weighted by Gasteiger charge is 2.54. The number of aliphatic imine (C=N–C) groups is 1. The van der Waals surface area contributed by atoms with Crippen LogP contribution in [0.3, 0.4) is 0 Å². The summed E-state index contributed by atoms with van der Waals surface area (Å²) < 4.78 is 0. The average molecular weight is 656 g/mol. The molecule has 0 saturated carbocycles. The number of likely N-dealkylation sites (tertiary alicyclic amines) is 1. The summed E-state index contributed by atoms with van der Waals surface area (Å²) >= 11 is 0. The standard InChI is InChI=1S/C35H45N9O4/c36-20-30(37)39-17-7-14-29(33(38)47)41-31(45)21-40-32(46)23-43-24-44(27-11-2-1-3-12-27)35(34(43)48)15-18-42(19-16-35)22-26-10-6-9-25-8-4-5-13-28(25)26/h1-6,8-13,29H,7,14-24,36H2,(H2,37,39)(H2,38,47)(H,40,46)(H,41,45)/t29-/m0/s1. The molecule has 254 valence electrons. The van der Waals surface area contributed by atoms with E-state index in [4.69, 9.17) is 17.2 Å². The van der Waals surface area contributed by atoms with E-state index in [1.54, 1.807) is 4.90 Å². The summed E-state index contributed by atoms with van der Waals surface area (Å²) in [5.41, 5.74) is 17.9. The number of benzene rings is 3. The summed E-state index contributed by atoms with van der Waals surface area (Å²) in [5.74, 6) is -1.52. The van der Waals surface area contributed by atoms with Crippen LogP contribution in [0, 0.1) is 0 Å². The zero-order valence-electron chi connectivity index (χ0n) is 27.1. The molecule has 0 bridgehead atoms. The van der Waals surface area contributed by atoms with Crippen molar-refractivity contribution >= 4 is 45.9 Å². The van der Waals surface area contributed by atoms with E-state index in [0.717, 1.165) is 25.3 Å². The highest BCUT2D eigenvalue weighted by molar-refractivity contribution is 5.97. The molecule has 0 aliphatic carbocycles. The Hall–Kier alpha value is -5.01. The Bertz CT molecular complexity index is 1630. The number of carbonyl (C=O) groups is 4. The van der Waals surface area contributed by atoms with Crippen LogP contribution in [0.15, 0.2) is 77.8 Å². The van der Waals surface area contributed by atoms with Gasteiger partial charge in [0.2, 0.25) is 23.6 Å². The van der Waals surface area contributed by atoms with Crippen molar-refractivity contribution in [1.29, 1.82) is 0 Å². The number of primary amides is 1. The first-order valence-electron chi connectivity index (χ1n) is 16.4. The zero-order valence-corrected chi connectivity index (χ0v) is 27.1. The number of para-hydroxylation sites is 1. The SMILES string of the molecule is NCC(N)=NCCC[C@H](NC(=O)CNC(=O)CN1CN(c2ccccc2)C2(CCN(Cc3cccc4ccccc34)CC2)C1=O)C(N)=O. The lowest BCUT2D eigenvalue weighted by Crippen LogP contribution is -2.56. The van der Waals surface area contributed by atoms with Crippen molar-refractivity contribution in [2.75, 3.05) is 50.8 Å². The van der Waals surface area contributed by atoms with E-state index in [2.05, 4.69) is 61.8 Å². The van der Waals surface area contributed by atoms with Crippen molar-refractivity contribution in [3.05, 3.63) is 78.4 Å². The van der Waals surface area contributed by atoms with Crippen molar-refractivity contribution < 1.29 is 19.2 Å². The third-order valence-electron chi connectivity index (χ3n) is 9.17. The second-order valence-electron chi connectivity index (χ2n) is 12.4. The predicted molar refractivity (Wildman–Crippen MR) is 186 cm³/mol. The van der Waals surface area contributed by atoms with Crippen molar-refractivity contribution in [3.63, 3.8) is 0 Å². The maximum Gasteiger partial charge on any atom is 0.250 e. The Morgan fingerprint density at radius 3 is 2.35 bits per heavy atom. The minimum Gasteiger partial charge on any atom is -0.386 e. The minimum absolute atomic E-state index is 0.0949. The molecule has 4 amide bonds. The highest BCUT2D eigenvalue weighted by atomic mass is 16.2.